The number of nitrogens with zero attached hydrogens (tertiary/aromatic N) is 1. The summed E-state index contributed by atoms with van der Waals surface area (Å²) in [6, 6.07) is 0.383. The summed E-state index contributed by atoms with van der Waals surface area (Å²) in [5.74, 6) is 0.0206. The quantitative estimate of drug-likeness (QED) is 0.631. The van der Waals surface area contributed by atoms with Crippen molar-refractivity contribution >= 4 is 22.5 Å². The summed E-state index contributed by atoms with van der Waals surface area (Å²) in [6.07, 6.45) is 2.92. The highest BCUT2D eigenvalue weighted by Gasteiger charge is 2.46. The third-order valence-electron chi connectivity index (χ3n) is 6.51. The average Bonchev–Trinajstić information content (AvgIpc) is 2.73. The molecule has 1 unspecified atom stereocenters. The van der Waals surface area contributed by atoms with Crippen LogP contribution in [-0.2, 0) is 9.22 Å². The van der Waals surface area contributed by atoms with E-state index in [0.717, 1.165) is 13.0 Å². The van der Waals surface area contributed by atoms with Crippen molar-refractivity contribution in [2.75, 3.05) is 6.54 Å². The van der Waals surface area contributed by atoms with E-state index in [1.807, 2.05) is 0 Å². The van der Waals surface area contributed by atoms with Gasteiger partial charge in [-0.1, -0.05) is 54.6 Å². The van der Waals surface area contributed by atoms with Gasteiger partial charge in [-0.2, -0.15) is 0 Å². The summed E-state index contributed by atoms with van der Waals surface area (Å²) >= 11 is 0. The van der Waals surface area contributed by atoms with Crippen molar-refractivity contribution in [1.29, 1.82) is 0 Å². The summed E-state index contributed by atoms with van der Waals surface area (Å²) in [5, 5.41) is 0.399. The SMILES string of the molecule is CC(C)(C)[Si](C)(C)OC(=O)CC1CCCN1[Si](C)(C)C(C)(C)C. The normalized spacial score (nSPS) is 21.6. The van der Waals surface area contributed by atoms with Crippen LogP contribution in [0.2, 0.25) is 36.3 Å². The van der Waals surface area contributed by atoms with Crippen LogP contribution in [0.15, 0.2) is 0 Å². The highest BCUT2D eigenvalue weighted by atomic mass is 28.4. The zero-order chi connectivity index (χ0) is 18.3. The first-order valence-corrected chi connectivity index (χ1v) is 14.9. The predicted molar refractivity (Wildman–Crippen MR) is 105 cm³/mol. The Morgan fingerprint density at radius 3 is 2.00 bits per heavy atom. The van der Waals surface area contributed by atoms with Crippen molar-refractivity contribution in [3.05, 3.63) is 0 Å². The molecule has 23 heavy (non-hydrogen) atoms. The van der Waals surface area contributed by atoms with Crippen LogP contribution in [0.3, 0.4) is 0 Å². The molecule has 0 aromatic rings. The smallest absolute Gasteiger partial charge is 0.294 e. The van der Waals surface area contributed by atoms with Crippen molar-refractivity contribution < 1.29 is 9.22 Å². The zero-order valence-corrected chi connectivity index (χ0v) is 19.2. The highest BCUT2D eigenvalue weighted by molar-refractivity contribution is 6.77. The molecule has 0 N–H and O–H groups in total. The predicted octanol–water partition coefficient (Wildman–Crippen LogP) is 5.39. The van der Waals surface area contributed by atoms with Crippen LogP contribution in [0.1, 0.15) is 60.8 Å². The molecule has 1 aliphatic rings. The second-order valence-corrected chi connectivity index (χ2v) is 20.2. The minimum Gasteiger partial charge on any atom is -0.519 e. The maximum atomic E-state index is 12.6. The first kappa shape index (κ1) is 20.9. The molecular weight excluding hydrogens is 318 g/mol. The molecule has 1 aliphatic heterocycles. The summed E-state index contributed by atoms with van der Waals surface area (Å²) in [5.41, 5.74) is 0. The fourth-order valence-electron chi connectivity index (χ4n) is 2.89. The molecular formula is C18H39NO2Si2. The molecule has 0 spiro atoms. The van der Waals surface area contributed by atoms with Gasteiger partial charge in [0.25, 0.3) is 14.3 Å². The maximum Gasteiger partial charge on any atom is 0.294 e. The minimum atomic E-state index is -2.00. The van der Waals surface area contributed by atoms with E-state index < -0.39 is 16.6 Å². The van der Waals surface area contributed by atoms with Crippen molar-refractivity contribution in [2.45, 2.75) is 103 Å². The molecule has 5 heteroatoms. The molecule has 1 rings (SSSR count). The standard InChI is InChI=1S/C18H39NO2Si2/c1-17(2,3)22(7,8)19-13-11-12-15(19)14-16(20)21-23(9,10)18(4,5)6/h15H,11-14H2,1-10H3. The first-order valence-electron chi connectivity index (χ1n) is 9.08. The minimum absolute atomic E-state index is 0.0206. The second kappa shape index (κ2) is 6.64. The molecule has 1 heterocycles. The summed E-state index contributed by atoms with van der Waals surface area (Å²) in [4.78, 5) is 12.6. The Kier molecular flexibility index (Phi) is 6.03. The molecule has 0 radical (unpaired) electrons. The Labute approximate surface area is 146 Å². The molecule has 0 aliphatic carbocycles. The number of carbonyl (C=O) groups is 1. The van der Waals surface area contributed by atoms with Crippen LogP contribution >= 0.6 is 0 Å². The number of hydrogen-bond donors (Lipinski definition) is 0. The van der Waals surface area contributed by atoms with E-state index in [9.17, 15) is 4.79 Å². The van der Waals surface area contributed by atoms with Gasteiger partial charge in [0.2, 0.25) is 0 Å². The van der Waals surface area contributed by atoms with Gasteiger partial charge in [0.05, 0.1) is 6.42 Å². The molecule has 0 saturated carbocycles. The molecule has 0 aromatic heterocycles. The lowest BCUT2D eigenvalue weighted by atomic mass is 10.2. The Hall–Kier alpha value is -0.136. The number of rotatable bonds is 4. The van der Waals surface area contributed by atoms with Crippen LogP contribution in [0.5, 0.6) is 0 Å². The Morgan fingerprint density at radius 1 is 1.04 bits per heavy atom. The lowest BCUT2D eigenvalue weighted by Gasteiger charge is -2.47. The molecule has 1 fully saturated rings. The third-order valence-corrected chi connectivity index (χ3v) is 16.6. The molecule has 1 atom stereocenters. The van der Waals surface area contributed by atoms with Gasteiger partial charge in [-0.15, -0.1) is 0 Å². The van der Waals surface area contributed by atoms with Gasteiger partial charge < -0.3 is 8.99 Å². The Morgan fingerprint density at radius 2 is 1.57 bits per heavy atom. The molecule has 0 amide bonds. The van der Waals surface area contributed by atoms with Gasteiger partial charge in [0, 0.05) is 6.04 Å². The van der Waals surface area contributed by atoms with E-state index in [0.29, 0.717) is 17.5 Å². The fourth-order valence-corrected chi connectivity index (χ4v) is 6.56. The monoisotopic (exact) mass is 357 g/mol. The van der Waals surface area contributed by atoms with E-state index >= 15 is 0 Å². The summed E-state index contributed by atoms with van der Waals surface area (Å²) in [6.45, 7) is 24.0. The van der Waals surface area contributed by atoms with Crippen LogP contribution in [0.25, 0.3) is 0 Å². The van der Waals surface area contributed by atoms with Crippen LogP contribution < -0.4 is 0 Å². The first-order chi connectivity index (χ1) is 10.1. The van der Waals surface area contributed by atoms with Gasteiger partial charge in [0.15, 0.2) is 0 Å². The fraction of sp³-hybridized carbons (Fsp3) is 0.944. The zero-order valence-electron chi connectivity index (χ0n) is 17.2. The van der Waals surface area contributed by atoms with E-state index in [4.69, 9.17) is 4.43 Å². The summed E-state index contributed by atoms with van der Waals surface area (Å²) < 4.78 is 8.68. The average molecular weight is 358 g/mol. The van der Waals surface area contributed by atoms with Crippen molar-refractivity contribution in [3.8, 4) is 0 Å². The molecule has 1 saturated heterocycles. The third kappa shape index (κ3) is 4.70. The van der Waals surface area contributed by atoms with Gasteiger partial charge >= 0.3 is 0 Å². The van der Waals surface area contributed by atoms with E-state index in [2.05, 4.69) is 72.3 Å². The van der Waals surface area contributed by atoms with Crippen LogP contribution in [0, 0.1) is 0 Å². The molecule has 0 aromatic carbocycles. The van der Waals surface area contributed by atoms with E-state index in [-0.39, 0.29) is 11.0 Å². The number of hydrogen-bond acceptors (Lipinski definition) is 3. The Bertz CT molecular complexity index is 433. The topological polar surface area (TPSA) is 29.5 Å². The lowest BCUT2D eigenvalue weighted by Crippen LogP contribution is -2.57. The van der Waals surface area contributed by atoms with Crippen molar-refractivity contribution in [2.24, 2.45) is 0 Å². The van der Waals surface area contributed by atoms with Gasteiger partial charge in [-0.25, -0.2) is 0 Å². The number of carbonyl (C=O) groups excluding carboxylic acids is 1. The van der Waals surface area contributed by atoms with Crippen molar-refractivity contribution in [3.63, 3.8) is 0 Å². The lowest BCUT2D eigenvalue weighted by molar-refractivity contribution is -0.136. The molecule has 136 valence electrons. The van der Waals surface area contributed by atoms with E-state index in [1.165, 1.54) is 6.42 Å². The van der Waals surface area contributed by atoms with Crippen LogP contribution in [0.4, 0.5) is 0 Å². The Balaban J connectivity index is 2.79. The second-order valence-electron chi connectivity index (χ2n) is 10.2. The largest absolute Gasteiger partial charge is 0.519 e. The van der Waals surface area contributed by atoms with Crippen LogP contribution in [-0.4, -0.2) is 39.7 Å². The molecule has 3 nitrogen and oxygen atoms in total. The molecule has 0 bridgehead atoms. The highest BCUT2D eigenvalue weighted by Crippen LogP contribution is 2.42. The maximum absolute atomic E-state index is 12.6. The van der Waals surface area contributed by atoms with E-state index in [1.54, 1.807) is 0 Å². The van der Waals surface area contributed by atoms with Gasteiger partial charge in [-0.3, -0.25) is 4.79 Å². The summed E-state index contributed by atoms with van der Waals surface area (Å²) in [7, 11) is -3.56. The van der Waals surface area contributed by atoms with Gasteiger partial charge in [0.1, 0.15) is 8.24 Å². The van der Waals surface area contributed by atoms with Crippen molar-refractivity contribution in [1.82, 2.24) is 4.57 Å². The van der Waals surface area contributed by atoms with Gasteiger partial charge in [-0.05, 0) is 42.6 Å².